The number of allylic oxidation sites excluding steroid dienone is 6. The second kappa shape index (κ2) is 5.11. The lowest BCUT2D eigenvalue weighted by atomic mass is 9.68. The van der Waals surface area contributed by atoms with Gasteiger partial charge in [0.2, 0.25) is 0 Å². The van der Waals surface area contributed by atoms with E-state index in [2.05, 4.69) is 52.0 Å². The van der Waals surface area contributed by atoms with Crippen molar-refractivity contribution in [2.45, 2.75) is 47.0 Å². The van der Waals surface area contributed by atoms with Gasteiger partial charge in [0.15, 0.2) is 5.78 Å². The standard InChI is InChI=1S/C18H26O/c1-17(2)12-6-5-8-14(17)10-11-15-16(19)9-7-13-18(15,3)4/h5-7,9-11,14-15H,8,12-13H2,1-4H3. The van der Waals surface area contributed by atoms with Crippen LogP contribution in [0.15, 0.2) is 36.5 Å². The maximum atomic E-state index is 12.1. The van der Waals surface area contributed by atoms with Crippen molar-refractivity contribution in [2.75, 3.05) is 0 Å². The van der Waals surface area contributed by atoms with Crippen molar-refractivity contribution < 1.29 is 4.79 Å². The molecular weight excluding hydrogens is 232 g/mol. The Morgan fingerprint density at radius 1 is 1.00 bits per heavy atom. The lowest BCUT2D eigenvalue weighted by molar-refractivity contribution is -0.120. The largest absolute Gasteiger partial charge is 0.294 e. The smallest absolute Gasteiger partial charge is 0.162 e. The molecule has 0 saturated carbocycles. The molecule has 0 N–H and O–H groups in total. The van der Waals surface area contributed by atoms with Crippen LogP contribution >= 0.6 is 0 Å². The van der Waals surface area contributed by atoms with Crippen LogP contribution < -0.4 is 0 Å². The molecule has 2 rings (SSSR count). The molecule has 0 fully saturated rings. The van der Waals surface area contributed by atoms with Crippen LogP contribution in [0.5, 0.6) is 0 Å². The molecule has 0 bridgehead atoms. The van der Waals surface area contributed by atoms with Gasteiger partial charge in [-0.3, -0.25) is 4.79 Å². The molecule has 19 heavy (non-hydrogen) atoms. The Hall–Kier alpha value is -1.11. The summed E-state index contributed by atoms with van der Waals surface area (Å²) in [5, 5.41) is 0. The zero-order valence-electron chi connectivity index (χ0n) is 12.6. The first kappa shape index (κ1) is 14.3. The fraction of sp³-hybridized carbons (Fsp3) is 0.611. The monoisotopic (exact) mass is 258 g/mol. The van der Waals surface area contributed by atoms with Gasteiger partial charge in [-0.25, -0.2) is 0 Å². The molecule has 2 unspecified atom stereocenters. The predicted molar refractivity (Wildman–Crippen MR) is 80.8 cm³/mol. The van der Waals surface area contributed by atoms with Gasteiger partial charge in [-0.05, 0) is 42.1 Å². The second-order valence-electron chi connectivity index (χ2n) is 7.37. The quantitative estimate of drug-likeness (QED) is 0.656. The molecule has 2 aliphatic rings. The van der Waals surface area contributed by atoms with E-state index < -0.39 is 0 Å². The van der Waals surface area contributed by atoms with Crippen molar-refractivity contribution in [2.24, 2.45) is 22.7 Å². The van der Waals surface area contributed by atoms with E-state index in [0.29, 0.717) is 11.3 Å². The molecule has 0 aliphatic heterocycles. The third kappa shape index (κ3) is 3.08. The number of carbonyl (C=O) groups excluding carboxylic acids is 1. The predicted octanol–water partition coefficient (Wildman–Crippen LogP) is 4.71. The third-order valence-corrected chi connectivity index (χ3v) is 4.81. The summed E-state index contributed by atoms with van der Waals surface area (Å²) in [6.45, 7) is 9.02. The average molecular weight is 258 g/mol. The summed E-state index contributed by atoms with van der Waals surface area (Å²) < 4.78 is 0. The highest BCUT2D eigenvalue weighted by Crippen LogP contribution is 2.40. The van der Waals surface area contributed by atoms with Crippen molar-refractivity contribution in [1.82, 2.24) is 0 Å². The summed E-state index contributed by atoms with van der Waals surface area (Å²) in [6, 6.07) is 0. The average Bonchev–Trinajstić information content (AvgIpc) is 2.29. The van der Waals surface area contributed by atoms with Crippen LogP contribution in [-0.4, -0.2) is 5.78 Å². The summed E-state index contributed by atoms with van der Waals surface area (Å²) in [4.78, 5) is 12.1. The van der Waals surface area contributed by atoms with E-state index in [1.54, 1.807) is 6.08 Å². The van der Waals surface area contributed by atoms with Gasteiger partial charge < -0.3 is 0 Å². The summed E-state index contributed by atoms with van der Waals surface area (Å²) >= 11 is 0. The minimum atomic E-state index is 0.0409. The third-order valence-electron chi connectivity index (χ3n) is 4.81. The van der Waals surface area contributed by atoms with Crippen LogP contribution in [0.4, 0.5) is 0 Å². The van der Waals surface area contributed by atoms with E-state index >= 15 is 0 Å². The van der Waals surface area contributed by atoms with Crippen molar-refractivity contribution >= 4 is 5.78 Å². The number of hydrogen-bond acceptors (Lipinski definition) is 1. The van der Waals surface area contributed by atoms with Crippen LogP contribution in [0.2, 0.25) is 0 Å². The molecule has 0 heterocycles. The first-order valence-corrected chi connectivity index (χ1v) is 7.37. The van der Waals surface area contributed by atoms with Crippen LogP contribution in [0.1, 0.15) is 47.0 Å². The van der Waals surface area contributed by atoms with Gasteiger partial charge in [0.25, 0.3) is 0 Å². The molecule has 104 valence electrons. The Morgan fingerprint density at radius 3 is 2.32 bits per heavy atom. The highest BCUT2D eigenvalue weighted by atomic mass is 16.1. The molecule has 0 amide bonds. The van der Waals surface area contributed by atoms with Gasteiger partial charge in [0.05, 0.1) is 0 Å². The van der Waals surface area contributed by atoms with Crippen LogP contribution in [-0.2, 0) is 4.79 Å². The van der Waals surface area contributed by atoms with Gasteiger partial charge in [0.1, 0.15) is 0 Å². The molecule has 0 aromatic carbocycles. The lowest BCUT2D eigenvalue weighted by Gasteiger charge is -2.36. The summed E-state index contributed by atoms with van der Waals surface area (Å²) in [5.41, 5.74) is 0.361. The zero-order valence-corrected chi connectivity index (χ0v) is 12.6. The van der Waals surface area contributed by atoms with Crippen LogP contribution in [0, 0.1) is 22.7 Å². The number of hydrogen-bond donors (Lipinski definition) is 0. The van der Waals surface area contributed by atoms with Crippen molar-refractivity contribution in [1.29, 1.82) is 0 Å². The molecule has 2 aliphatic carbocycles. The Morgan fingerprint density at radius 2 is 1.68 bits per heavy atom. The van der Waals surface area contributed by atoms with Gasteiger partial charge in [-0.15, -0.1) is 0 Å². The van der Waals surface area contributed by atoms with E-state index in [1.165, 1.54) is 0 Å². The van der Waals surface area contributed by atoms with E-state index in [0.717, 1.165) is 19.3 Å². The molecule has 0 aromatic heterocycles. The molecule has 0 spiro atoms. The fourth-order valence-corrected chi connectivity index (χ4v) is 3.13. The maximum absolute atomic E-state index is 12.1. The topological polar surface area (TPSA) is 17.1 Å². The molecule has 0 saturated heterocycles. The van der Waals surface area contributed by atoms with Crippen molar-refractivity contribution in [3.05, 3.63) is 36.5 Å². The first-order chi connectivity index (χ1) is 8.83. The Balaban J connectivity index is 2.15. The SMILES string of the molecule is CC1(C)CC=CCC1C=CC1C(=O)C=CCC1(C)C. The van der Waals surface area contributed by atoms with Gasteiger partial charge >= 0.3 is 0 Å². The minimum Gasteiger partial charge on any atom is -0.294 e. The van der Waals surface area contributed by atoms with Crippen molar-refractivity contribution in [3.63, 3.8) is 0 Å². The normalized spacial score (nSPS) is 32.9. The minimum absolute atomic E-state index is 0.0409. The molecule has 1 heteroatoms. The number of ketones is 1. The Labute approximate surface area is 117 Å². The first-order valence-electron chi connectivity index (χ1n) is 7.37. The fourth-order valence-electron chi connectivity index (χ4n) is 3.13. The van der Waals surface area contributed by atoms with Crippen molar-refractivity contribution in [3.8, 4) is 0 Å². The van der Waals surface area contributed by atoms with Crippen LogP contribution in [0.25, 0.3) is 0 Å². The van der Waals surface area contributed by atoms with E-state index in [4.69, 9.17) is 0 Å². The van der Waals surface area contributed by atoms with Crippen LogP contribution in [0.3, 0.4) is 0 Å². The van der Waals surface area contributed by atoms with E-state index in [1.807, 2.05) is 6.08 Å². The van der Waals surface area contributed by atoms with Gasteiger partial charge in [-0.2, -0.15) is 0 Å². The van der Waals surface area contributed by atoms with E-state index in [9.17, 15) is 4.79 Å². The number of carbonyl (C=O) groups is 1. The summed E-state index contributed by atoms with van der Waals surface area (Å²) in [5.74, 6) is 0.850. The highest BCUT2D eigenvalue weighted by molar-refractivity contribution is 5.94. The van der Waals surface area contributed by atoms with Gasteiger partial charge in [-0.1, -0.05) is 58.1 Å². The zero-order chi connectivity index (χ0) is 14.1. The highest BCUT2D eigenvalue weighted by Gasteiger charge is 2.34. The van der Waals surface area contributed by atoms with E-state index in [-0.39, 0.29) is 17.1 Å². The Bertz CT molecular complexity index is 435. The second-order valence-corrected chi connectivity index (χ2v) is 7.37. The summed E-state index contributed by atoms with van der Waals surface area (Å²) in [6.07, 6.45) is 16.0. The van der Waals surface area contributed by atoms with Gasteiger partial charge in [0, 0.05) is 5.92 Å². The lowest BCUT2D eigenvalue weighted by Crippen LogP contribution is -2.31. The molecule has 1 nitrogen and oxygen atoms in total. The molecule has 0 aromatic rings. The molecule has 2 atom stereocenters. The summed E-state index contributed by atoms with van der Waals surface area (Å²) in [7, 11) is 0. The maximum Gasteiger partial charge on any atom is 0.162 e. The Kier molecular flexibility index (Phi) is 3.85. The molecule has 0 radical (unpaired) electrons. The number of rotatable bonds is 2. The molecular formula is C18H26O.